The first kappa shape index (κ1) is 17.0. The number of nitrogens with one attached hydrogen (secondary N) is 1. The van der Waals surface area contributed by atoms with Gasteiger partial charge >= 0.3 is 5.97 Å². The lowest BCUT2D eigenvalue weighted by molar-refractivity contribution is -0.116. The van der Waals surface area contributed by atoms with Gasteiger partial charge in [-0.05, 0) is 24.6 Å². The maximum atomic E-state index is 11.6. The second-order valence-electron chi connectivity index (χ2n) is 4.49. The van der Waals surface area contributed by atoms with E-state index in [1.165, 1.54) is 7.11 Å². The molecule has 0 saturated heterocycles. The smallest absolute Gasteiger partial charge is 0.337 e. The zero-order valence-corrected chi connectivity index (χ0v) is 12.5. The lowest BCUT2D eigenvalue weighted by Gasteiger charge is -2.13. The van der Waals surface area contributed by atoms with E-state index in [-0.39, 0.29) is 18.9 Å². The molecule has 0 atom stereocenters. The van der Waals surface area contributed by atoms with Gasteiger partial charge in [0.05, 0.1) is 25.0 Å². The molecular weight excluding hydrogens is 272 g/mol. The Morgan fingerprint density at radius 1 is 1.33 bits per heavy atom. The number of amides is 1. The Kier molecular flexibility index (Phi) is 7.25. The Balaban J connectivity index is 2.93. The number of rotatable bonds is 8. The molecule has 0 bridgehead atoms. The van der Waals surface area contributed by atoms with E-state index < -0.39 is 5.97 Å². The Morgan fingerprint density at radius 3 is 2.71 bits per heavy atom. The molecule has 0 spiro atoms. The molecule has 1 rings (SSSR count). The lowest BCUT2D eigenvalue weighted by Crippen LogP contribution is -2.17. The van der Waals surface area contributed by atoms with E-state index in [1.54, 1.807) is 18.2 Å². The molecule has 0 unspecified atom stereocenters. The van der Waals surface area contributed by atoms with Crippen molar-refractivity contribution in [1.82, 2.24) is 0 Å². The molecule has 0 aliphatic rings. The average Bonchev–Trinajstić information content (AvgIpc) is 2.48. The predicted molar refractivity (Wildman–Crippen MR) is 80.5 cm³/mol. The Hall–Kier alpha value is -2.08. The number of hydrogen-bond donors (Lipinski definition) is 2. The lowest BCUT2D eigenvalue weighted by atomic mass is 10.2. The zero-order chi connectivity index (χ0) is 15.7. The van der Waals surface area contributed by atoms with Crippen LogP contribution in [-0.2, 0) is 9.53 Å². The quantitative estimate of drug-likeness (QED) is 0.565. The van der Waals surface area contributed by atoms with Crippen LogP contribution in [0.4, 0.5) is 5.69 Å². The molecule has 0 aromatic heterocycles. The van der Waals surface area contributed by atoms with Gasteiger partial charge in [-0.1, -0.05) is 13.3 Å². The fourth-order valence-electron chi connectivity index (χ4n) is 1.66. The van der Waals surface area contributed by atoms with E-state index in [1.807, 2.05) is 0 Å². The Bertz CT molecular complexity index is 489. The van der Waals surface area contributed by atoms with Crippen molar-refractivity contribution in [2.75, 3.05) is 25.6 Å². The minimum Gasteiger partial charge on any atom is -0.491 e. The second kappa shape index (κ2) is 8.97. The number of hydrogen-bond acceptors (Lipinski definition) is 5. The topological polar surface area (TPSA) is 90.6 Å². The van der Waals surface area contributed by atoms with Gasteiger partial charge in [0.15, 0.2) is 0 Å². The van der Waals surface area contributed by atoms with Crippen molar-refractivity contribution in [3.8, 4) is 5.75 Å². The molecule has 0 aliphatic heterocycles. The van der Waals surface area contributed by atoms with Gasteiger partial charge in [-0.2, -0.15) is 0 Å². The highest BCUT2D eigenvalue weighted by Gasteiger charge is 2.12. The molecule has 1 aromatic carbocycles. The molecule has 3 N–H and O–H groups in total. The van der Waals surface area contributed by atoms with Crippen LogP contribution in [-0.4, -0.2) is 32.1 Å². The van der Waals surface area contributed by atoms with Gasteiger partial charge in [-0.15, -0.1) is 0 Å². The minimum atomic E-state index is -0.449. The van der Waals surface area contributed by atoms with Crippen molar-refractivity contribution in [2.24, 2.45) is 5.73 Å². The first-order chi connectivity index (χ1) is 10.1. The first-order valence-corrected chi connectivity index (χ1v) is 6.97. The van der Waals surface area contributed by atoms with Crippen LogP contribution >= 0.6 is 0 Å². The summed E-state index contributed by atoms with van der Waals surface area (Å²) in [5, 5.41) is 2.73. The van der Waals surface area contributed by atoms with Gasteiger partial charge in [0.1, 0.15) is 5.75 Å². The van der Waals surface area contributed by atoms with Gasteiger partial charge in [0, 0.05) is 13.0 Å². The molecule has 21 heavy (non-hydrogen) atoms. The number of esters is 1. The maximum Gasteiger partial charge on any atom is 0.337 e. The molecule has 0 aliphatic carbocycles. The largest absolute Gasteiger partial charge is 0.491 e. The van der Waals surface area contributed by atoms with Gasteiger partial charge in [0.25, 0.3) is 0 Å². The number of unbranched alkanes of at least 4 members (excludes halogenated alkanes) is 1. The highest BCUT2D eigenvalue weighted by molar-refractivity contribution is 5.95. The van der Waals surface area contributed by atoms with Gasteiger partial charge in [-0.25, -0.2) is 4.79 Å². The van der Waals surface area contributed by atoms with Crippen molar-refractivity contribution in [3.05, 3.63) is 23.8 Å². The van der Waals surface area contributed by atoms with Crippen LogP contribution in [0.2, 0.25) is 0 Å². The third-order valence-electron chi connectivity index (χ3n) is 2.80. The fraction of sp³-hybridized carbons (Fsp3) is 0.467. The summed E-state index contributed by atoms with van der Waals surface area (Å²) in [6, 6.07) is 4.78. The molecule has 1 aromatic rings. The van der Waals surface area contributed by atoms with Crippen LogP contribution in [0.25, 0.3) is 0 Å². The summed E-state index contributed by atoms with van der Waals surface area (Å²) in [4.78, 5) is 23.2. The molecular formula is C15H22N2O4. The number of methoxy groups -OCH3 is 1. The molecule has 0 saturated carbocycles. The number of anilines is 1. The monoisotopic (exact) mass is 294 g/mol. The van der Waals surface area contributed by atoms with E-state index >= 15 is 0 Å². The number of carbonyl (C=O) groups is 2. The third-order valence-corrected chi connectivity index (χ3v) is 2.80. The van der Waals surface area contributed by atoms with E-state index in [2.05, 4.69) is 17.0 Å². The number of carbonyl (C=O) groups excluding carboxylic acids is 2. The highest BCUT2D eigenvalue weighted by Crippen LogP contribution is 2.26. The van der Waals surface area contributed by atoms with Crippen LogP contribution < -0.4 is 15.8 Å². The number of nitrogens with two attached hydrogens (primary N) is 1. The molecule has 1 amide bonds. The molecule has 0 heterocycles. The third kappa shape index (κ3) is 5.43. The van der Waals surface area contributed by atoms with E-state index in [0.29, 0.717) is 23.6 Å². The van der Waals surface area contributed by atoms with Crippen LogP contribution in [0.1, 0.15) is 36.5 Å². The average molecular weight is 294 g/mol. The van der Waals surface area contributed by atoms with E-state index in [0.717, 1.165) is 12.8 Å². The standard InChI is InChI=1S/C15H22N2O4/c1-3-4-9-21-13-10-11(15(19)20-2)5-6-12(13)17-14(18)7-8-16/h5-6,10H,3-4,7-9,16H2,1-2H3,(H,17,18). The highest BCUT2D eigenvalue weighted by atomic mass is 16.5. The molecule has 6 heteroatoms. The molecule has 6 nitrogen and oxygen atoms in total. The van der Waals surface area contributed by atoms with Crippen molar-refractivity contribution in [1.29, 1.82) is 0 Å². The summed E-state index contributed by atoms with van der Waals surface area (Å²) in [5.74, 6) is -0.185. The molecule has 0 radical (unpaired) electrons. The summed E-state index contributed by atoms with van der Waals surface area (Å²) in [6.07, 6.45) is 2.11. The first-order valence-electron chi connectivity index (χ1n) is 6.97. The summed E-state index contributed by atoms with van der Waals surface area (Å²) < 4.78 is 10.3. The van der Waals surface area contributed by atoms with Crippen LogP contribution in [0, 0.1) is 0 Å². The number of ether oxygens (including phenoxy) is 2. The Labute approximate surface area is 124 Å². The van der Waals surface area contributed by atoms with Gasteiger partial charge in [-0.3, -0.25) is 4.79 Å². The van der Waals surface area contributed by atoms with Crippen molar-refractivity contribution in [2.45, 2.75) is 26.2 Å². The SMILES string of the molecule is CCCCOc1cc(C(=O)OC)ccc1NC(=O)CCN. The van der Waals surface area contributed by atoms with Crippen molar-refractivity contribution >= 4 is 17.6 Å². The van der Waals surface area contributed by atoms with Crippen LogP contribution in [0.5, 0.6) is 5.75 Å². The Morgan fingerprint density at radius 2 is 2.10 bits per heavy atom. The zero-order valence-electron chi connectivity index (χ0n) is 12.5. The van der Waals surface area contributed by atoms with Gasteiger partial charge < -0.3 is 20.5 Å². The maximum absolute atomic E-state index is 11.6. The van der Waals surface area contributed by atoms with Crippen molar-refractivity contribution < 1.29 is 19.1 Å². The molecule has 116 valence electrons. The number of benzene rings is 1. The summed E-state index contributed by atoms with van der Waals surface area (Å²) >= 11 is 0. The van der Waals surface area contributed by atoms with E-state index in [9.17, 15) is 9.59 Å². The van der Waals surface area contributed by atoms with Crippen molar-refractivity contribution in [3.63, 3.8) is 0 Å². The normalized spacial score (nSPS) is 10.0. The fourth-order valence-corrected chi connectivity index (χ4v) is 1.66. The van der Waals surface area contributed by atoms with Crippen LogP contribution in [0.15, 0.2) is 18.2 Å². The summed E-state index contributed by atoms with van der Waals surface area (Å²) in [7, 11) is 1.32. The summed E-state index contributed by atoms with van der Waals surface area (Å²) in [6.45, 7) is 2.84. The summed E-state index contributed by atoms with van der Waals surface area (Å²) in [5.41, 5.74) is 6.25. The minimum absolute atomic E-state index is 0.191. The molecule has 0 fully saturated rings. The second-order valence-corrected chi connectivity index (χ2v) is 4.49. The van der Waals surface area contributed by atoms with Crippen LogP contribution in [0.3, 0.4) is 0 Å². The predicted octanol–water partition coefficient (Wildman–Crippen LogP) is 1.94. The van der Waals surface area contributed by atoms with Gasteiger partial charge in [0.2, 0.25) is 5.91 Å². The van der Waals surface area contributed by atoms with E-state index in [4.69, 9.17) is 10.5 Å².